The SMILES string of the molecule is OC[C@H]1C[C@H](C(F)(F)F)C1. The summed E-state index contributed by atoms with van der Waals surface area (Å²) in [5.41, 5.74) is 0. The third kappa shape index (κ3) is 1.42. The van der Waals surface area contributed by atoms with E-state index >= 15 is 0 Å². The lowest BCUT2D eigenvalue weighted by Gasteiger charge is -2.35. The molecule has 1 fully saturated rings. The van der Waals surface area contributed by atoms with Crippen LogP contribution in [-0.2, 0) is 0 Å². The molecule has 0 bridgehead atoms. The van der Waals surface area contributed by atoms with Crippen molar-refractivity contribution in [3.63, 3.8) is 0 Å². The number of alkyl halides is 3. The molecule has 0 heterocycles. The first-order valence-corrected chi connectivity index (χ1v) is 3.21. The summed E-state index contributed by atoms with van der Waals surface area (Å²) in [4.78, 5) is 0. The van der Waals surface area contributed by atoms with E-state index in [1.165, 1.54) is 0 Å². The minimum atomic E-state index is -4.04. The Morgan fingerprint density at radius 1 is 1.30 bits per heavy atom. The predicted octanol–water partition coefficient (Wildman–Crippen LogP) is 1.57. The minimum absolute atomic E-state index is 0.105. The van der Waals surface area contributed by atoms with Crippen molar-refractivity contribution in [3.05, 3.63) is 0 Å². The number of rotatable bonds is 1. The van der Waals surface area contributed by atoms with Crippen LogP contribution in [0.1, 0.15) is 12.8 Å². The minimum Gasteiger partial charge on any atom is -0.396 e. The van der Waals surface area contributed by atoms with Crippen LogP contribution in [0.4, 0.5) is 13.2 Å². The van der Waals surface area contributed by atoms with Crippen LogP contribution in [0.2, 0.25) is 0 Å². The first-order valence-electron chi connectivity index (χ1n) is 3.21. The molecule has 60 valence electrons. The van der Waals surface area contributed by atoms with Gasteiger partial charge in [-0.25, -0.2) is 0 Å². The van der Waals surface area contributed by atoms with Crippen molar-refractivity contribution in [2.24, 2.45) is 11.8 Å². The first kappa shape index (κ1) is 7.85. The van der Waals surface area contributed by atoms with Gasteiger partial charge in [0.15, 0.2) is 0 Å². The molecule has 1 aliphatic carbocycles. The smallest absolute Gasteiger partial charge is 0.391 e. The van der Waals surface area contributed by atoms with E-state index in [9.17, 15) is 13.2 Å². The first-order chi connectivity index (χ1) is 4.54. The molecule has 1 N–H and O–H groups in total. The van der Waals surface area contributed by atoms with Gasteiger partial charge in [0.25, 0.3) is 0 Å². The highest BCUT2D eigenvalue weighted by atomic mass is 19.4. The average Bonchev–Trinajstić information content (AvgIpc) is 1.57. The molecule has 0 aliphatic heterocycles. The van der Waals surface area contributed by atoms with Gasteiger partial charge in [0.1, 0.15) is 0 Å². The summed E-state index contributed by atoms with van der Waals surface area (Å²) in [6, 6.07) is 0. The predicted molar refractivity (Wildman–Crippen MR) is 29.4 cm³/mol. The topological polar surface area (TPSA) is 20.2 Å². The molecular formula is C6H9F3O. The second-order valence-electron chi connectivity index (χ2n) is 2.76. The van der Waals surface area contributed by atoms with E-state index in [1.54, 1.807) is 0 Å². The van der Waals surface area contributed by atoms with Crippen LogP contribution in [0, 0.1) is 11.8 Å². The zero-order valence-electron chi connectivity index (χ0n) is 5.36. The number of hydrogen-bond donors (Lipinski definition) is 1. The number of halogens is 3. The summed E-state index contributed by atoms with van der Waals surface area (Å²) in [7, 11) is 0. The van der Waals surface area contributed by atoms with Crippen molar-refractivity contribution in [1.29, 1.82) is 0 Å². The number of aliphatic hydroxyl groups is 1. The fourth-order valence-corrected chi connectivity index (χ4v) is 1.15. The molecule has 1 saturated carbocycles. The fraction of sp³-hybridized carbons (Fsp3) is 1.00. The summed E-state index contributed by atoms with van der Waals surface area (Å²) in [6.45, 7) is -0.105. The average molecular weight is 154 g/mol. The Balaban J connectivity index is 2.26. The Morgan fingerprint density at radius 3 is 2.10 bits per heavy atom. The van der Waals surface area contributed by atoms with E-state index in [-0.39, 0.29) is 25.4 Å². The molecule has 1 aliphatic rings. The van der Waals surface area contributed by atoms with Crippen LogP contribution in [0.5, 0.6) is 0 Å². The molecule has 0 atom stereocenters. The highest BCUT2D eigenvalue weighted by Crippen LogP contribution is 2.44. The molecule has 0 unspecified atom stereocenters. The Labute approximate surface area is 56.8 Å². The number of aliphatic hydroxyl groups excluding tert-OH is 1. The largest absolute Gasteiger partial charge is 0.396 e. The second kappa shape index (κ2) is 2.42. The van der Waals surface area contributed by atoms with E-state index in [1.807, 2.05) is 0 Å². The Bertz CT molecular complexity index is 115. The van der Waals surface area contributed by atoms with Crippen LogP contribution >= 0.6 is 0 Å². The fourth-order valence-electron chi connectivity index (χ4n) is 1.15. The molecule has 0 aromatic carbocycles. The van der Waals surface area contributed by atoms with Gasteiger partial charge >= 0.3 is 6.18 Å². The van der Waals surface area contributed by atoms with E-state index < -0.39 is 12.1 Å². The van der Waals surface area contributed by atoms with Crippen LogP contribution in [-0.4, -0.2) is 17.9 Å². The van der Waals surface area contributed by atoms with Crippen LogP contribution in [0.25, 0.3) is 0 Å². The zero-order chi connectivity index (χ0) is 7.78. The van der Waals surface area contributed by atoms with Gasteiger partial charge in [-0.3, -0.25) is 0 Å². The van der Waals surface area contributed by atoms with Crippen molar-refractivity contribution >= 4 is 0 Å². The lowest BCUT2D eigenvalue weighted by molar-refractivity contribution is -0.206. The molecule has 0 spiro atoms. The third-order valence-corrected chi connectivity index (χ3v) is 1.96. The molecule has 1 rings (SSSR count). The second-order valence-corrected chi connectivity index (χ2v) is 2.76. The lowest BCUT2D eigenvalue weighted by Crippen LogP contribution is -2.37. The quantitative estimate of drug-likeness (QED) is 0.607. The van der Waals surface area contributed by atoms with Gasteiger partial charge in [-0.2, -0.15) is 13.2 Å². The Hall–Kier alpha value is -0.250. The van der Waals surface area contributed by atoms with E-state index in [0.717, 1.165) is 0 Å². The van der Waals surface area contributed by atoms with Gasteiger partial charge in [-0.1, -0.05) is 0 Å². The van der Waals surface area contributed by atoms with Crippen LogP contribution in [0.3, 0.4) is 0 Å². The molecule has 0 aromatic heterocycles. The maximum Gasteiger partial charge on any atom is 0.391 e. The summed E-state index contributed by atoms with van der Waals surface area (Å²) in [5, 5.41) is 8.40. The molecule has 0 saturated heterocycles. The maximum absolute atomic E-state index is 11.7. The zero-order valence-corrected chi connectivity index (χ0v) is 5.36. The Morgan fingerprint density at radius 2 is 1.80 bits per heavy atom. The van der Waals surface area contributed by atoms with Gasteiger partial charge < -0.3 is 5.11 Å². The van der Waals surface area contributed by atoms with Crippen LogP contribution in [0.15, 0.2) is 0 Å². The van der Waals surface area contributed by atoms with E-state index in [4.69, 9.17) is 5.11 Å². The van der Waals surface area contributed by atoms with Gasteiger partial charge in [0, 0.05) is 6.61 Å². The molecule has 0 radical (unpaired) electrons. The number of hydrogen-bond acceptors (Lipinski definition) is 1. The molecule has 0 aromatic rings. The van der Waals surface area contributed by atoms with Gasteiger partial charge in [0.05, 0.1) is 5.92 Å². The van der Waals surface area contributed by atoms with Gasteiger partial charge in [-0.05, 0) is 18.8 Å². The normalized spacial score (nSPS) is 33.6. The molecule has 10 heavy (non-hydrogen) atoms. The molecule has 1 nitrogen and oxygen atoms in total. The highest BCUT2D eigenvalue weighted by molar-refractivity contribution is 4.83. The standard InChI is InChI=1S/C6H9F3O/c7-6(8,9)5-1-4(2-5)3-10/h4-5,10H,1-3H2/t4-,5-. The van der Waals surface area contributed by atoms with Crippen molar-refractivity contribution < 1.29 is 18.3 Å². The third-order valence-electron chi connectivity index (χ3n) is 1.96. The van der Waals surface area contributed by atoms with Gasteiger partial charge in [0.2, 0.25) is 0 Å². The summed E-state index contributed by atoms with van der Waals surface area (Å²) in [6.07, 6.45) is -3.81. The van der Waals surface area contributed by atoms with Crippen molar-refractivity contribution in [3.8, 4) is 0 Å². The lowest BCUT2D eigenvalue weighted by atomic mass is 9.75. The molecular weight excluding hydrogens is 145 g/mol. The monoisotopic (exact) mass is 154 g/mol. The van der Waals surface area contributed by atoms with Crippen molar-refractivity contribution in [2.45, 2.75) is 19.0 Å². The summed E-state index contributed by atoms with van der Waals surface area (Å²) < 4.78 is 35.2. The van der Waals surface area contributed by atoms with Gasteiger partial charge in [-0.15, -0.1) is 0 Å². The maximum atomic E-state index is 11.7. The Kier molecular flexibility index (Phi) is 1.90. The van der Waals surface area contributed by atoms with Crippen molar-refractivity contribution in [1.82, 2.24) is 0 Å². The van der Waals surface area contributed by atoms with Crippen LogP contribution < -0.4 is 0 Å². The summed E-state index contributed by atoms with van der Waals surface area (Å²) >= 11 is 0. The molecule has 0 amide bonds. The summed E-state index contributed by atoms with van der Waals surface area (Å²) in [5.74, 6) is -1.25. The highest BCUT2D eigenvalue weighted by Gasteiger charge is 2.47. The van der Waals surface area contributed by atoms with Crippen molar-refractivity contribution in [2.75, 3.05) is 6.61 Å². The van der Waals surface area contributed by atoms with E-state index in [0.29, 0.717) is 0 Å². The molecule has 4 heteroatoms. The van der Waals surface area contributed by atoms with E-state index in [2.05, 4.69) is 0 Å².